The number of imide groups is 1. The molecule has 5 nitrogen and oxygen atoms in total. The maximum atomic E-state index is 12.1. The summed E-state index contributed by atoms with van der Waals surface area (Å²) in [6, 6.07) is 8.12. The van der Waals surface area contributed by atoms with Crippen LogP contribution in [0.3, 0.4) is 0 Å². The fourth-order valence-corrected chi connectivity index (χ4v) is 2.43. The number of nitrogens with one attached hydrogen (secondary N) is 1. The Bertz CT molecular complexity index is 569. The van der Waals surface area contributed by atoms with Gasteiger partial charge < -0.3 is 5.32 Å². The van der Waals surface area contributed by atoms with Gasteiger partial charge in [0.1, 0.15) is 0 Å². The summed E-state index contributed by atoms with van der Waals surface area (Å²) < 4.78 is 0. The van der Waals surface area contributed by atoms with Crippen molar-refractivity contribution < 1.29 is 9.59 Å². The summed E-state index contributed by atoms with van der Waals surface area (Å²) in [7, 11) is 0. The van der Waals surface area contributed by atoms with Crippen molar-refractivity contribution in [1.29, 1.82) is 5.26 Å². The predicted octanol–water partition coefficient (Wildman–Crippen LogP) is 1.78. The van der Waals surface area contributed by atoms with Crippen molar-refractivity contribution in [3.05, 3.63) is 29.8 Å². The summed E-state index contributed by atoms with van der Waals surface area (Å²) >= 11 is 0. The Morgan fingerprint density at radius 2 is 2.11 bits per heavy atom. The number of hydrogen-bond acceptors (Lipinski definition) is 3. The fraction of sp³-hybridized carbons (Fsp3) is 0.357. The lowest BCUT2D eigenvalue weighted by atomic mass is 10.1. The van der Waals surface area contributed by atoms with E-state index in [1.807, 2.05) is 6.07 Å². The van der Waals surface area contributed by atoms with Crippen LogP contribution in [-0.4, -0.2) is 18.0 Å². The van der Waals surface area contributed by atoms with E-state index in [1.165, 1.54) is 0 Å². The number of nitriles is 1. The normalized spacial score (nSPS) is 22.9. The average molecular weight is 255 g/mol. The summed E-state index contributed by atoms with van der Waals surface area (Å²) in [5.41, 5.74) is 0.887. The van der Waals surface area contributed by atoms with Gasteiger partial charge in [-0.2, -0.15) is 5.26 Å². The molecule has 1 N–H and O–H groups in total. The lowest BCUT2D eigenvalue weighted by Gasteiger charge is -2.31. The largest absolute Gasteiger partial charge is 0.334 e. The zero-order valence-corrected chi connectivity index (χ0v) is 10.3. The van der Waals surface area contributed by atoms with Gasteiger partial charge >= 0.3 is 6.03 Å². The molecule has 19 heavy (non-hydrogen) atoms. The standard InChI is InChI=1S/C14H13N3O2/c15-8-9-2-1-3-11(6-9)17-13(18)7-12(10-4-5-10)16-14(17)19/h1-3,6,10,12H,4-5,7H2,(H,16,19). The summed E-state index contributed by atoms with van der Waals surface area (Å²) in [4.78, 5) is 25.3. The molecule has 1 aliphatic heterocycles. The number of hydrogen-bond donors (Lipinski definition) is 1. The van der Waals surface area contributed by atoms with Gasteiger partial charge in [-0.15, -0.1) is 0 Å². The van der Waals surface area contributed by atoms with E-state index < -0.39 is 0 Å². The molecule has 0 bridgehead atoms. The SMILES string of the molecule is N#Cc1cccc(N2C(=O)CC(C3CC3)NC2=O)c1. The zero-order chi connectivity index (χ0) is 13.4. The van der Waals surface area contributed by atoms with Crippen LogP contribution in [-0.2, 0) is 4.79 Å². The van der Waals surface area contributed by atoms with E-state index >= 15 is 0 Å². The average Bonchev–Trinajstić information content (AvgIpc) is 3.22. The van der Waals surface area contributed by atoms with Crippen LogP contribution in [0.4, 0.5) is 10.5 Å². The zero-order valence-electron chi connectivity index (χ0n) is 10.3. The Morgan fingerprint density at radius 1 is 1.32 bits per heavy atom. The second kappa shape index (κ2) is 4.39. The number of carbonyl (C=O) groups excluding carboxylic acids is 2. The van der Waals surface area contributed by atoms with Crippen LogP contribution >= 0.6 is 0 Å². The van der Waals surface area contributed by atoms with E-state index in [9.17, 15) is 9.59 Å². The van der Waals surface area contributed by atoms with Crippen molar-refractivity contribution in [1.82, 2.24) is 5.32 Å². The van der Waals surface area contributed by atoms with Crippen molar-refractivity contribution in [3.8, 4) is 6.07 Å². The highest BCUT2D eigenvalue weighted by Gasteiger charge is 2.40. The Morgan fingerprint density at radius 3 is 2.74 bits per heavy atom. The first-order valence-electron chi connectivity index (χ1n) is 6.32. The van der Waals surface area contributed by atoms with Crippen molar-refractivity contribution in [2.24, 2.45) is 5.92 Å². The van der Waals surface area contributed by atoms with E-state index in [2.05, 4.69) is 5.32 Å². The molecular weight excluding hydrogens is 242 g/mol. The predicted molar refractivity (Wildman–Crippen MR) is 68.3 cm³/mol. The summed E-state index contributed by atoms with van der Waals surface area (Å²) in [5, 5.41) is 11.7. The highest BCUT2D eigenvalue weighted by atomic mass is 16.2. The molecule has 5 heteroatoms. The number of carbonyl (C=O) groups is 2. The minimum Gasteiger partial charge on any atom is -0.334 e. The molecule has 1 aliphatic carbocycles. The molecule has 3 amide bonds. The number of amides is 3. The van der Waals surface area contributed by atoms with Gasteiger partial charge in [-0.1, -0.05) is 6.07 Å². The molecular formula is C14H13N3O2. The summed E-state index contributed by atoms with van der Waals surface area (Å²) in [5.74, 6) is 0.260. The molecule has 0 radical (unpaired) electrons. The molecule has 1 saturated carbocycles. The van der Waals surface area contributed by atoms with Gasteiger partial charge in [-0.3, -0.25) is 4.79 Å². The minimum absolute atomic E-state index is 0.0181. The molecule has 1 aromatic rings. The molecule has 1 saturated heterocycles. The molecule has 2 fully saturated rings. The first kappa shape index (κ1) is 11.7. The smallest absolute Gasteiger partial charge is 0.328 e. The van der Waals surface area contributed by atoms with E-state index in [1.54, 1.807) is 24.3 Å². The molecule has 0 aromatic heterocycles. The highest BCUT2D eigenvalue weighted by Crippen LogP contribution is 2.36. The highest BCUT2D eigenvalue weighted by molar-refractivity contribution is 6.16. The molecule has 1 aromatic carbocycles. The molecule has 96 valence electrons. The van der Waals surface area contributed by atoms with Crippen LogP contribution in [0.2, 0.25) is 0 Å². The number of nitrogens with zero attached hydrogens (tertiary/aromatic N) is 2. The maximum absolute atomic E-state index is 12.1. The van der Waals surface area contributed by atoms with Gasteiger partial charge in [0.2, 0.25) is 5.91 Å². The molecule has 1 heterocycles. The van der Waals surface area contributed by atoms with Crippen LogP contribution in [0.1, 0.15) is 24.8 Å². The quantitative estimate of drug-likeness (QED) is 0.875. The Balaban J connectivity index is 1.86. The van der Waals surface area contributed by atoms with Crippen molar-refractivity contribution >= 4 is 17.6 Å². The molecule has 3 rings (SSSR count). The maximum Gasteiger partial charge on any atom is 0.328 e. The van der Waals surface area contributed by atoms with E-state index in [4.69, 9.17) is 5.26 Å². The topological polar surface area (TPSA) is 73.2 Å². The van der Waals surface area contributed by atoms with Crippen LogP contribution in [0.25, 0.3) is 0 Å². The van der Waals surface area contributed by atoms with Gasteiger partial charge in [0.25, 0.3) is 0 Å². The lowest BCUT2D eigenvalue weighted by molar-refractivity contribution is -0.119. The van der Waals surface area contributed by atoms with Gasteiger partial charge in [0.05, 0.1) is 17.3 Å². The van der Waals surface area contributed by atoms with Crippen LogP contribution in [0.5, 0.6) is 0 Å². The van der Waals surface area contributed by atoms with Crippen LogP contribution < -0.4 is 10.2 Å². The second-order valence-electron chi connectivity index (χ2n) is 4.99. The van der Waals surface area contributed by atoms with Gasteiger partial charge in [0.15, 0.2) is 0 Å². The van der Waals surface area contributed by atoms with Gasteiger partial charge in [0, 0.05) is 12.5 Å². The van der Waals surface area contributed by atoms with Gasteiger partial charge in [-0.05, 0) is 37.0 Å². The Kier molecular flexibility index (Phi) is 2.71. The minimum atomic E-state index is -0.386. The number of urea groups is 1. The fourth-order valence-electron chi connectivity index (χ4n) is 2.43. The van der Waals surface area contributed by atoms with Gasteiger partial charge in [-0.25, -0.2) is 9.69 Å². The second-order valence-corrected chi connectivity index (χ2v) is 4.99. The first-order valence-corrected chi connectivity index (χ1v) is 6.32. The third-order valence-corrected chi connectivity index (χ3v) is 3.58. The van der Waals surface area contributed by atoms with E-state index in [-0.39, 0.29) is 18.0 Å². The first-order chi connectivity index (χ1) is 9.19. The summed E-state index contributed by atoms with van der Waals surface area (Å²) in [6.07, 6.45) is 2.51. The van der Waals surface area contributed by atoms with Crippen LogP contribution in [0.15, 0.2) is 24.3 Å². The van der Waals surface area contributed by atoms with Crippen molar-refractivity contribution in [3.63, 3.8) is 0 Å². The third-order valence-electron chi connectivity index (χ3n) is 3.58. The number of rotatable bonds is 2. The third kappa shape index (κ3) is 2.17. The number of benzene rings is 1. The van der Waals surface area contributed by atoms with Crippen molar-refractivity contribution in [2.75, 3.05) is 4.90 Å². The molecule has 1 unspecified atom stereocenters. The van der Waals surface area contributed by atoms with E-state index in [0.717, 1.165) is 17.7 Å². The lowest BCUT2D eigenvalue weighted by Crippen LogP contribution is -2.55. The van der Waals surface area contributed by atoms with Crippen molar-refractivity contribution in [2.45, 2.75) is 25.3 Å². The Hall–Kier alpha value is -2.35. The number of anilines is 1. The Labute approximate surface area is 110 Å². The molecule has 2 aliphatic rings. The van der Waals surface area contributed by atoms with Crippen LogP contribution in [0, 0.1) is 17.2 Å². The summed E-state index contributed by atoms with van der Waals surface area (Å²) in [6.45, 7) is 0. The molecule has 1 atom stereocenters. The van der Waals surface area contributed by atoms with E-state index in [0.29, 0.717) is 23.6 Å². The monoisotopic (exact) mass is 255 g/mol. The molecule has 0 spiro atoms.